The average molecular weight is 446 g/mol. The normalized spacial score (nSPS) is 17.0. The first-order valence-electron chi connectivity index (χ1n) is 10.1. The van der Waals surface area contributed by atoms with E-state index in [1.807, 2.05) is 13.8 Å². The van der Waals surface area contributed by atoms with Gasteiger partial charge in [0.2, 0.25) is 10.0 Å². The van der Waals surface area contributed by atoms with Crippen molar-refractivity contribution in [3.05, 3.63) is 54.1 Å². The molecule has 2 N–H and O–H groups in total. The molecule has 2 atom stereocenters. The van der Waals surface area contributed by atoms with Gasteiger partial charge >= 0.3 is 0 Å². The third kappa shape index (κ3) is 5.35. The number of ether oxygens (including phenoxy) is 1. The minimum Gasteiger partial charge on any atom is -0.478 e. The van der Waals surface area contributed by atoms with Crippen LogP contribution in [0.3, 0.4) is 0 Å². The molecule has 0 saturated heterocycles. The molecule has 31 heavy (non-hydrogen) atoms. The van der Waals surface area contributed by atoms with E-state index in [4.69, 9.17) is 4.74 Å². The van der Waals surface area contributed by atoms with E-state index in [2.05, 4.69) is 10.6 Å². The Morgan fingerprint density at radius 2 is 1.84 bits per heavy atom. The van der Waals surface area contributed by atoms with Crippen molar-refractivity contribution in [2.45, 2.75) is 38.8 Å². The number of benzene rings is 2. The van der Waals surface area contributed by atoms with Gasteiger partial charge in [-0.1, -0.05) is 31.2 Å². The Morgan fingerprint density at radius 1 is 1.16 bits per heavy atom. The fourth-order valence-corrected chi connectivity index (χ4v) is 4.21. The summed E-state index contributed by atoms with van der Waals surface area (Å²) in [4.78, 5) is 25.6. The Bertz CT molecular complexity index is 1070. The van der Waals surface area contributed by atoms with Gasteiger partial charge in [-0.2, -0.15) is 0 Å². The summed E-state index contributed by atoms with van der Waals surface area (Å²) in [6, 6.07) is 13.4. The van der Waals surface area contributed by atoms with Crippen LogP contribution in [-0.4, -0.2) is 45.2 Å². The molecule has 0 saturated carbocycles. The molecule has 8 nitrogen and oxygen atoms in total. The van der Waals surface area contributed by atoms with Gasteiger partial charge in [0, 0.05) is 19.0 Å². The SMILES string of the molecule is CC[C@@H](C)NC(=O)c1ccccc1NC(=O)[C@@H]1CCN(S(C)(=O)=O)c2ccccc2O1. The van der Waals surface area contributed by atoms with Crippen LogP contribution in [0.4, 0.5) is 11.4 Å². The maximum Gasteiger partial charge on any atom is 0.265 e. The van der Waals surface area contributed by atoms with Gasteiger partial charge in [0.05, 0.1) is 23.2 Å². The maximum atomic E-state index is 13.0. The lowest BCUT2D eigenvalue weighted by molar-refractivity contribution is -0.122. The number of fused-ring (bicyclic) bond motifs is 1. The van der Waals surface area contributed by atoms with Crippen LogP contribution in [0, 0.1) is 0 Å². The van der Waals surface area contributed by atoms with E-state index in [0.29, 0.717) is 22.7 Å². The highest BCUT2D eigenvalue weighted by molar-refractivity contribution is 7.92. The number of hydrogen-bond acceptors (Lipinski definition) is 5. The van der Waals surface area contributed by atoms with Crippen molar-refractivity contribution in [3.63, 3.8) is 0 Å². The fraction of sp³-hybridized carbons (Fsp3) is 0.364. The van der Waals surface area contributed by atoms with Crippen LogP contribution in [0.2, 0.25) is 0 Å². The molecule has 0 aromatic heterocycles. The molecule has 0 unspecified atom stereocenters. The number of carbonyl (C=O) groups excluding carboxylic acids is 2. The predicted octanol–water partition coefficient (Wildman–Crippen LogP) is 2.77. The smallest absolute Gasteiger partial charge is 0.265 e. The van der Waals surface area contributed by atoms with Gasteiger partial charge in [0.15, 0.2) is 6.10 Å². The van der Waals surface area contributed by atoms with Gasteiger partial charge in [-0.25, -0.2) is 8.42 Å². The summed E-state index contributed by atoms with van der Waals surface area (Å²) in [6.07, 6.45) is 1.15. The number of sulfonamides is 1. The molecule has 1 heterocycles. The third-order valence-electron chi connectivity index (χ3n) is 5.11. The van der Waals surface area contributed by atoms with Gasteiger partial charge in [0.25, 0.3) is 11.8 Å². The van der Waals surface area contributed by atoms with Crippen molar-refractivity contribution >= 4 is 33.2 Å². The monoisotopic (exact) mass is 445 g/mol. The Balaban J connectivity index is 1.82. The van der Waals surface area contributed by atoms with Gasteiger partial charge in [-0.3, -0.25) is 13.9 Å². The van der Waals surface area contributed by atoms with E-state index in [9.17, 15) is 18.0 Å². The summed E-state index contributed by atoms with van der Waals surface area (Å²) in [5.74, 6) is -0.414. The van der Waals surface area contributed by atoms with Crippen molar-refractivity contribution in [1.82, 2.24) is 5.32 Å². The Kier molecular flexibility index (Phi) is 6.84. The number of nitrogens with one attached hydrogen (secondary N) is 2. The second kappa shape index (κ2) is 9.38. The zero-order valence-corrected chi connectivity index (χ0v) is 18.6. The summed E-state index contributed by atoms with van der Waals surface area (Å²) in [5, 5.41) is 5.66. The Labute approximate surface area is 182 Å². The lowest BCUT2D eigenvalue weighted by Gasteiger charge is -2.20. The highest BCUT2D eigenvalue weighted by Gasteiger charge is 2.31. The topological polar surface area (TPSA) is 105 Å². The molecule has 0 spiro atoms. The van der Waals surface area contributed by atoms with Crippen molar-refractivity contribution < 1.29 is 22.7 Å². The Hall–Kier alpha value is -3.07. The molecule has 2 aromatic carbocycles. The van der Waals surface area contributed by atoms with Crippen molar-refractivity contribution in [3.8, 4) is 5.75 Å². The summed E-state index contributed by atoms with van der Waals surface area (Å²) in [5.41, 5.74) is 1.12. The van der Waals surface area contributed by atoms with Crippen LogP contribution in [0.5, 0.6) is 5.75 Å². The first kappa shape index (κ1) is 22.6. The molecule has 0 aliphatic carbocycles. The molecular formula is C22H27N3O5S. The number of anilines is 2. The molecule has 0 fully saturated rings. The molecule has 0 radical (unpaired) electrons. The molecule has 9 heteroatoms. The highest BCUT2D eigenvalue weighted by atomic mass is 32.2. The van der Waals surface area contributed by atoms with Gasteiger partial charge in [0.1, 0.15) is 5.75 Å². The Morgan fingerprint density at radius 3 is 2.55 bits per heavy atom. The van der Waals surface area contributed by atoms with Crippen LogP contribution in [-0.2, 0) is 14.8 Å². The zero-order valence-electron chi connectivity index (χ0n) is 17.8. The highest BCUT2D eigenvalue weighted by Crippen LogP contribution is 2.34. The molecule has 3 rings (SSSR count). The molecule has 2 amide bonds. The van der Waals surface area contributed by atoms with Gasteiger partial charge < -0.3 is 15.4 Å². The second-order valence-electron chi connectivity index (χ2n) is 7.52. The van der Waals surface area contributed by atoms with Crippen molar-refractivity contribution in [1.29, 1.82) is 0 Å². The number of hydrogen-bond donors (Lipinski definition) is 2. The molecule has 1 aliphatic rings. The van der Waals surface area contributed by atoms with Crippen LogP contribution in [0.25, 0.3) is 0 Å². The minimum absolute atomic E-state index is 0.0000692. The van der Waals surface area contributed by atoms with Crippen LogP contribution < -0.4 is 19.7 Å². The molecule has 1 aliphatic heterocycles. The van der Waals surface area contributed by atoms with Crippen molar-refractivity contribution in [2.75, 3.05) is 22.4 Å². The van der Waals surface area contributed by atoms with E-state index in [0.717, 1.165) is 12.7 Å². The summed E-state index contributed by atoms with van der Waals surface area (Å²) >= 11 is 0. The number of rotatable bonds is 6. The van der Waals surface area contributed by atoms with Crippen LogP contribution >= 0.6 is 0 Å². The van der Waals surface area contributed by atoms with Crippen LogP contribution in [0.15, 0.2) is 48.5 Å². The largest absolute Gasteiger partial charge is 0.478 e. The number of carbonyl (C=O) groups is 2. The molecule has 0 bridgehead atoms. The molecular weight excluding hydrogens is 418 g/mol. The molecule has 166 valence electrons. The first-order chi connectivity index (χ1) is 14.7. The minimum atomic E-state index is -3.53. The predicted molar refractivity (Wildman–Crippen MR) is 120 cm³/mol. The maximum absolute atomic E-state index is 13.0. The van der Waals surface area contributed by atoms with E-state index in [1.54, 1.807) is 48.5 Å². The summed E-state index contributed by atoms with van der Waals surface area (Å²) < 4.78 is 31.6. The zero-order chi connectivity index (χ0) is 22.6. The third-order valence-corrected chi connectivity index (χ3v) is 6.29. The van der Waals surface area contributed by atoms with Gasteiger partial charge in [-0.15, -0.1) is 0 Å². The van der Waals surface area contributed by atoms with E-state index in [-0.39, 0.29) is 24.9 Å². The average Bonchev–Trinajstić information content (AvgIpc) is 2.93. The standard InChI is InChI=1S/C22H27N3O5S/c1-4-15(2)23-21(26)16-9-5-6-10-17(16)24-22(27)20-13-14-25(31(3,28)29)18-11-7-8-12-19(18)30-20/h5-12,15,20H,4,13-14H2,1-3H3,(H,23,26)(H,24,27)/t15-,20+/m1/s1. The van der Waals surface area contributed by atoms with Crippen molar-refractivity contribution in [2.24, 2.45) is 0 Å². The van der Waals surface area contributed by atoms with Crippen LogP contribution in [0.1, 0.15) is 37.0 Å². The van der Waals surface area contributed by atoms with E-state index in [1.165, 1.54) is 4.31 Å². The lowest BCUT2D eigenvalue weighted by Crippen LogP contribution is -2.37. The van der Waals surface area contributed by atoms with Gasteiger partial charge in [-0.05, 0) is 37.6 Å². The fourth-order valence-electron chi connectivity index (χ4n) is 3.27. The quantitative estimate of drug-likeness (QED) is 0.711. The lowest BCUT2D eigenvalue weighted by atomic mass is 10.1. The summed E-state index contributed by atoms with van der Waals surface area (Å²) in [7, 11) is -3.53. The number of nitrogens with zero attached hydrogens (tertiary/aromatic N) is 1. The number of amides is 2. The van der Waals surface area contributed by atoms with E-state index < -0.39 is 22.0 Å². The first-order valence-corrected chi connectivity index (χ1v) is 12.0. The second-order valence-corrected chi connectivity index (χ2v) is 9.42. The summed E-state index contributed by atoms with van der Waals surface area (Å²) in [6.45, 7) is 3.98. The molecule has 2 aromatic rings. The van der Waals surface area contributed by atoms with E-state index >= 15 is 0 Å². The number of para-hydroxylation sites is 3.